The van der Waals surface area contributed by atoms with Gasteiger partial charge in [-0.25, -0.2) is 0 Å². The zero-order chi connectivity index (χ0) is 15.3. The molecule has 4 fully saturated rings. The van der Waals surface area contributed by atoms with Crippen LogP contribution in [0, 0.1) is 17.8 Å². The first kappa shape index (κ1) is 14.0. The third kappa shape index (κ3) is 2.59. The molecule has 23 heavy (non-hydrogen) atoms. The Hall–Kier alpha value is -1.35. The Morgan fingerprint density at radius 3 is 2.30 bits per heavy atom. The predicted octanol–water partition coefficient (Wildman–Crippen LogP) is 3.74. The fourth-order valence-corrected chi connectivity index (χ4v) is 6.00. The Morgan fingerprint density at radius 1 is 1.00 bits per heavy atom. The van der Waals surface area contributed by atoms with Crippen LogP contribution in [0.1, 0.15) is 50.5 Å². The van der Waals surface area contributed by atoms with Gasteiger partial charge in [0.15, 0.2) is 0 Å². The predicted molar refractivity (Wildman–Crippen MR) is 91.4 cm³/mol. The van der Waals surface area contributed by atoms with Gasteiger partial charge in [0.1, 0.15) is 6.10 Å². The molecule has 1 unspecified atom stereocenters. The maximum absolute atomic E-state index is 5.71. The maximum Gasteiger partial charge on any atom is 0.145 e. The number of nitrogens with one attached hydrogen (secondary N) is 1. The maximum atomic E-state index is 5.71. The smallest absolute Gasteiger partial charge is 0.145 e. The Morgan fingerprint density at radius 2 is 1.65 bits per heavy atom. The van der Waals surface area contributed by atoms with Crippen molar-refractivity contribution in [1.29, 1.82) is 0 Å². The SMILES string of the molecule is c1ccc(C2=NOC(CNC34CC5CC(CC(C5)C3)C4)C2)cc1. The number of rotatable bonds is 4. The summed E-state index contributed by atoms with van der Waals surface area (Å²) in [5.74, 6) is 2.98. The van der Waals surface area contributed by atoms with Crippen LogP contribution in [-0.2, 0) is 4.84 Å². The van der Waals surface area contributed by atoms with Crippen molar-refractivity contribution >= 4 is 5.71 Å². The molecule has 122 valence electrons. The molecule has 0 spiro atoms. The van der Waals surface area contributed by atoms with Crippen LogP contribution in [0.25, 0.3) is 0 Å². The van der Waals surface area contributed by atoms with E-state index in [1.54, 1.807) is 0 Å². The Balaban J connectivity index is 1.20. The van der Waals surface area contributed by atoms with Crippen LogP contribution < -0.4 is 5.32 Å². The van der Waals surface area contributed by atoms with E-state index in [4.69, 9.17) is 4.84 Å². The topological polar surface area (TPSA) is 33.6 Å². The number of hydrogen-bond acceptors (Lipinski definition) is 3. The first-order valence-corrected chi connectivity index (χ1v) is 9.31. The van der Waals surface area contributed by atoms with Crippen molar-refractivity contribution in [1.82, 2.24) is 5.32 Å². The molecule has 0 radical (unpaired) electrons. The van der Waals surface area contributed by atoms with Crippen molar-refractivity contribution in [3.63, 3.8) is 0 Å². The number of oxime groups is 1. The van der Waals surface area contributed by atoms with Gasteiger partial charge in [0.2, 0.25) is 0 Å². The lowest BCUT2D eigenvalue weighted by atomic mass is 9.53. The highest BCUT2D eigenvalue weighted by Crippen LogP contribution is 2.55. The monoisotopic (exact) mass is 310 g/mol. The van der Waals surface area contributed by atoms with E-state index in [1.165, 1.54) is 44.1 Å². The molecule has 5 aliphatic rings. The fraction of sp³-hybridized carbons (Fsp3) is 0.650. The summed E-state index contributed by atoms with van der Waals surface area (Å²) in [6, 6.07) is 10.4. The molecule has 4 aliphatic carbocycles. The summed E-state index contributed by atoms with van der Waals surface area (Å²) >= 11 is 0. The number of nitrogens with zero attached hydrogens (tertiary/aromatic N) is 1. The second-order valence-corrected chi connectivity index (χ2v) is 8.41. The van der Waals surface area contributed by atoms with E-state index < -0.39 is 0 Å². The van der Waals surface area contributed by atoms with Gasteiger partial charge < -0.3 is 10.2 Å². The zero-order valence-electron chi connectivity index (χ0n) is 13.7. The van der Waals surface area contributed by atoms with Gasteiger partial charge in [-0.3, -0.25) is 0 Å². The van der Waals surface area contributed by atoms with Crippen molar-refractivity contribution in [3.8, 4) is 0 Å². The van der Waals surface area contributed by atoms with E-state index in [2.05, 4.69) is 34.7 Å². The van der Waals surface area contributed by atoms with Gasteiger partial charge in [0.25, 0.3) is 0 Å². The van der Waals surface area contributed by atoms with Gasteiger partial charge in [-0.05, 0) is 61.8 Å². The fourth-order valence-electron chi connectivity index (χ4n) is 6.00. The van der Waals surface area contributed by atoms with Crippen LogP contribution in [0.3, 0.4) is 0 Å². The number of hydrogen-bond donors (Lipinski definition) is 1. The van der Waals surface area contributed by atoms with Gasteiger partial charge in [-0.15, -0.1) is 0 Å². The van der Waals surface area contributed by atoms with Crippen LogP contribution in [0.15, 0.2) is 35.5 Å². The summed E-state index contributed by atoms with van der Waals surface area (Å²) in [6.07, 6.45) is 9.85. The molecule has 4 saturated carbocycles. The van der Waals surface area contributed by atoms with E-state index >= 15 is 0 Å². The minimum Gasteiger partial charge on any atom is -0.390 e. The largest absolute Gasteiger partial charge is 0.390 e. The van der Waals surface area contributed by atoms with E-state index in [9.17, 15) is 0 Å². The van der Waals surface area contributed by atoms with Gasteiger partial charge in [-0.2, -0.15) is 0 Å². The normalized spacial score (nSPS) is 41.0. The average molecular weight is 310 g/mol. The summed E-state index contributed by atoms with van der Waals surface area (Å²) in [6.45, 7) is 0.950. The van der Waals surface area contributed by atoms with Crippen molar-refractivity contribution in [2.24, 2.45) is 22.9 Å². The molecule has 1 N–H and O–H groups in total. The highest BCUT2D eigenvalue weighted by molar-refractivity contribution is 6.01. The molecule has 1 aliphatic heterocycles. The average Bonchev–Trinajstić information content (AvgIpc) is 3.02. The van der Waals surface area contributed by atoms with Gasteiger partial charge in [0.05, 0.1) is 5.71 Å². The third-order valence-corrected chi connectivity index (χ3v) is 6.58. The van der Waals surface area contributed by atoms with Crippen LogP contribution in [0.4, 0.5) is 0 Å². The molecule has 1 heterocycles. The highest BCUT2D eigenvalue weighted by atomic mass is 16.6. The first-order chi connectivity index (χ1) is 11.3. The Bertz CT molecular complexity index is 574. The molecule has 3 heteroatoms. The first-order valence-electron chi connectivity index (χ1n) is 9.31. The van der Waals surface area contributed by atoms with Crippen LogP contribution in [0.5, 0.6) is 0 Å². The summed E-state index contributed by atoms with van der Waals surface area (Å²) in [7, 11) is 0. The quantitative estimate of drug-likeness (QED) is 0.919. The summed E-state index contributed by atoms with van der Waals surface area (Å²) < 4.78 is 0. The summed E-state index contributed by atoms with van der Waals surface area (Å²) in [4.78, 5) is 5.71. The van der Waals surface area contributed by atoms with Crippen LogP contribution >= 0.6 is 0 Å². The second-order valence-electron chi connectivity index (χ2n) is 8.41. The second kappa shape index (κ2) is 5.34. The van der Waals surface area contributed by atoms with Gasteiger partial charge >= 0.3 is 0 Å². The van der Waals surface area contributed by atoms with Crippen molar-refractivity contribution < 1.29 is 4.84 Å². The molecule has 3 nitrogen and oxygen atoms in total. The molecule has 6 rings (SSSR count). The summed E-state index contributed by atoms with van der Waals surface area (Å²) in [5.41, 5.74) is 2.72. The molecular weight excluding hydrogens is 284 g/mol. The third-order valence-electron chi connectivity index (χ3n) is 6.58. The lowest BCUT2D eigenvalue weighted by Crippen LogP contribution is -2.59. The Labute approximate surface area is 138 Å². The highest BCUT2D eigenvalue weighted by Gasteiger charge is 2.50. The van der Waals surface area contributed by atoms with E-state index in [1.807, 2.05) is 6.07 Å². The molecule has 0 amide bonds. The number of benzene rings is 1. The van der Waals surface area contributed by atoms with Crippen molar-refractivity contribution in [2.45, 2.75) is 56.6 Å². The molecule has 1 aromatic rings. The summed E-state index contributed by atoms with van der Waals surface area (Å²) in [5, 5.41) is 8.27. The molecule has 1 aromatic carbocycles. The lowest BCUT2D eigenvalue weighted by molar-refractivity contribution is -0.0276. The molecule has 0 aromatic heterocycles. The standard InChI is InChI=1S/C20H26N2O/c1-2-4-17(5-3-1)19-9-18(23-22-19)13-21-20-10-14-6-15(11-20)8-16(7-14)12-20/h1-5,14-16,18,21H,6-13H2. The minimum atomic E-state index is 0.207. The molecule has 1 atom stereocenters. The zero-order valence-corrected chi connectivity index (χ0v) is 13.7. The Kier molecular flexibility index (Phi) is 3.26. The molecular formula is C20H26N2O. The van der Waals surface area contributed by atoms with E-state index in [-0.39, 0.29) is 6.10 Å². The lowest BCUT2D eigenvalue weighted by Gasteiger charge is -2.57. The van der Waals surface area contributed by atoms with Gasteiger partial charge in [0, 0.05) is 18.5 Å². The van der Waals surface area contributed by atoms with Crippen molar-refractivity contribution in [2.75, 3.05) is 6.54 Å². The van der Waals surface area contributed by atoms with Crippen molar-refractivity contribution in [3.05, 3.63) is 35.9 Å². The van der Waals surface area contributed by atoms with E-state index in [0.717, 1.165) is 36.4 Å². The van der Waals surface area contributed by atoms with Crippen LogP contribution in [0.2, 0.25) is 0 Å². The molecule has 4 bridgehead atoms. The van der Waals surface area contributed by atoms with E-state index in [0.29, 0.717) is 5.54 Å². The van der Waals surface area contributed by atoms with Gasteiger partial charge in [-0.1, -0.05) is 35.5 Å². The molecule has 0 saturated heterocycles. The van der Waals surface area contributed by atoms with Crippen LogP contribution in [-0.4, -0.2) is 23.9 Å². The minimum absolute atomic E-state index is 0.207.